The van der Waals surface area contributed by atoms with Crippen molar-refractivity contribution >= 4 is 5.97 Å². The highest BCUT2D eigenvalue weighted by Crippen LogP contribution is 2.24. The Balaban J connectivity index is 2.85. The smallest absolute Gasteiger partial charge is 0.308 e. The molecule has 0 heterocycles. The third-order valence-corrected chi connectivity index (χ3v) is 2.00. The largest absolute Gasteiger partial charge is 0.508 e. The van der Waals surface area contributed by atoms with E-state index in [-0.39, 0.29) is 12.2 Å². The van der Waals surface area contributed by atoms with E-state index in [1.807, 2.05) is 0 Å². The van der Waals surface area contributed by atoms with Gasteiger partial charge in [-0.1, -0.05) is 6.92 Å². The molecule has 4 nitrogen and oxygen atoms in total. The molecule has 0 saturated heterocycles. The molecule has 1 aromatic rings. The zero-order valence-electron chi connectivity index (χ0n) is 8.73. The first kappa shape index (κ1) is 11.5. The number of hydrogen-bond acceptors (Lipinski definition) is 4. The molecule has 0 fully saturated rings. The van der Waals surface area contributed by atoms with Crippen molar-refractivity contribution < 1.29 is 19.7 Å². The van der Waals surface area contributed by atoms with Gasteiger partial charge in [-0.15, -0.1) is 0 Å². The van der Waals surface area contributed by atoms with Crippen molar-refractivity contribution in [2.75, 3.05) is 0 Å². The molecule has 0 bridgehead atoms. The van der Waals surface area contributed by atoms with E-state index < -0.39 is 11.8 Å². The van der Waals surface area contributed by atoms with Crippen molar-refractivity contribution in [2.45, 2.75) is 26.1 Å². The lowest BCUT2D eigenvalue weighted by molar-refractivity contribution is -0.206. The Bertz CT molecular complexity index is 340. The molecule has 0 amide bonds. The van der Waals surface area contributed by atoms with E-state index in [1.54, 1.807) is 6.92 Å². The first-order chi connectivity index (χ1) is 6.95. The molecule has 2 N–H and O–H groups in total. The third kappa shape index (κ3) is 2.95. The summed E-state index contributed by atoms with van der Waals surface area (Å²) in [4.78, 5) is 11.0. The summed E-state index contributed by atoms with van der Waals surface area (Å²) in [5, 5.41) is 18.9. The number of esters is 1. The quantitative estimate of drug-likeness (QED) is 0.586. The molecule has 0 saturated carbocycles. The lowest BCUT2D eigenvalue weighted by atomic mass is 10.1. The van der Waals surface area contributed by atoms with Crippen LogP contribution in [0.15, 0.2) is 24.3 Å². The number of phenolic OH excluding ortho intramolecular Hbond substituents is 1. The first-order valence-electron chi connectivity index (χ1n) is 4.69. The Kier molecular flexibility index (Phi) is 3.31. The lowest BCUT2D eigenvalue weighted by Gasteiger charge is -2.23. The third-order valence-electron chi connectivity index (χ3n) is 2.00. The van der Waals surface area contributed by atoms with Crippen molar-refractivity contribution in [3.8, 4) is 5.75 Å². The van der Waals surface area contributed by atoms with Crippen molar-refractivity contribution in [1.29, 1.82) is 0 Å². The number of hydrogen-bond donors (Lipinski definition) is 2. The zero-order valence-corrected chi connectivity index (χ0v) is 8.73. The van der Waals surface area contributed by atoms with E-state index in [4.69, 9.17) is 9.84 Å². The average molecular weight is 210 g/mol. The van der Waals surface area contributed by atoms with Gasteiger partial charge in [-0.05, 0) is 24.3 Å². The van der Waals surface area contributed by atoms with E-state index in [1.165, 1.54) is 31.2 Å². The van der Waals surface area contributed by atoms with Gasteiger partial charge in [0, 0.05) is 18.9 Å². The molecule has 1 aromatic carbocycles. The first-order valence-corrected chi connectivity index (χ1v) is 4.69. The van der Waals surface area contributed by atoms with E-state index in [0.717, 1.165) is 0 Å². The van der Waals surface area contributed by atoms with Gasteiger partial charge in [-0.3, -0.25) is 4.79 Å². The predicted molar refractivity (Wildman–Crippen MR) is 54.1 cm³/mol. The summed E-state index contributed by atoms with van der Waals surface area (Å²) in [5.41, 5.74) is 0.419. The average Bonchev–Trinajstić information content (AvgIpc) is 2.17. The van der Waals surface area contributed by atoms with Gasteiger partial charge in [-0.2, -0.15) is 0 Å². The zero-order chi connectivity index (χ0) is 11.5. The molecule has 0 spiro atoms. The Hall–Kier alpha value is -1.55. The number of ether oxygens (including phenoxy) is 1. The van der Waals surface area contributed by atoms with Crippen LogP contribution in [0.25, 0.3) is 0 Å². The van der Waals surface area contributed by atoms with Crippen molar-refractivity contribution in [3.05, 3.63) is 29.8 Å². The van der Waals surface area contributed by atoms with Crippen molar-refractivity contribution in [1.82, 2.24) is 0 Å². The normalized spacial score (nSPS) is 14.3. The number of rotatable bonds is 3. The van der Waals surface area contributed by atoms with Gasteiger partial charge in [0.25, 0.3) is 0 Å². The molecule has 0 aliphatic heterocycles. The number of benzene rings is 1. The Morgan fingerprint density at radius 1 is 1.40 bits per heavy atom. The Morgan fingerprint density at radius 3 is 2.40 bits per heavy atom. The van der Waals surface area contributed by atoms with Gasteiger partial charge in [-0.25, -0.2) is 0 Å². The number of aromatic hydroxyl groups is 1. The van der Waals surface area contributed by atoms with Crippen LogP contribution in [0.5, 0.6) is 5.75 Å². The molecule has 1 rings (SSSR count). The topological polar surface area (TPSA) is 66.8 Å². The van der Waals surface area contributed by atoms with Crippen LogP contribution in [0.3, 0.4) is 0 Å². The summed E-state index contributed by atoms with van der Waals surface area (Å²) < 4.78 is 4.85. The molecule has 0 radical (unpaired) electrons. The number of carbonyl (C=O) groups is 1. The van der Waals surface area contributed by atoms with Crippen LogP contribution in [-0.4, -0.2) is 16.2 Å². The van der Waals surface area contributed by atoms with Crippen molar-refractivity contribution in [2.24, 2.45) is 0 Å². The minimum atomic E-state index is -1.65. The highest BCUT2D eigenvalue weighted by atomic mass is 16.7. The highest BCUT2D eigenvalue weighted by Gasteiger charge is 2.27. The SMILES string of the molecule is CCC(=O)OC(C)(O)c1ccc(O)cc1. The fourth-order valence-electron chi connectivity index (χ4n) is 1.12. The molecule has 1 atom stereocenters. The second kappa shape index (κ2) is 4.31. The molecule has 4 heteroatoms. The van der Waals surface area contributed by atoms with E-state index in [0.29, 0.717) is 5.56 Å². The molecular weight excluding hydrogens is 196 g/mol. The maximum Gasteiger partial charge on any atom is 0.308 e. The summed E-state index contributed by atoms with van der Waals surface area (Å²) >= 11 is 0. The minimum Gasteiger partial charge on any atom is -0.508 e. The van der Waals surface area contributed by atoms with E-state index in [2.05, 4.69) is 0 Å². The second-order valence-electron chi connectivity index (χ2n) is 3.36. The van der Waals surface area contributed by atoms with Crippen LogP contribution >= 0.6 is 0 Å². The second-order valence-corrected chi connectivity index (χ2v) is 3.36. The molecule has 15 heavy (non-hydrogen) atoms. The lowest BCUT2D eigenvalue weighted by Crippen LogP contribution is -2.28. The molecule has 0 aliphatic carbocycles. The van der Waals surface area contributed by atoms with E-state index in [9.17, 15) is 9.90 Å². The van der Waals surface area contributed by atoms with Gasteiger partial charge in [0.15, 0.2) is 0 Å². The van der Waals surface area contributed by atoms with Gasteiger partial charge >= 0.3 is 5.97 Å². The molecule has 82 valence electrons. The van der Waals surface area contributed by atoms with Gasteiger partial charge in [0.2, 0.25) is 5.79 Å². The van der Waals surface area contributed by atoms with Crippen LogP contribution < -0.4 is 0 Å². The van der Waals surface area contributed by atoms with Gasteiger partial charge < -0.3 is 14.9 Å². The predicted octanol–water partition coefficient (Wildman–Crippen LogP) is 1.51. The summed E-state index contributed by atoms with van der Waals surface area (Å²) in [6, 6.07) is 5.84. The fraction of sp³-hybridized carbons (Fsp3) is 0.364. The van der Waals surface area contributed by atoms with Gasteiger partial charge in [0.05, 0.1) is 0 Å². The molecule has 1 unspecified atom stereocenters. The number of aliphatic hydroxyl groups is 1. The van der Waals surface area contributed by atoms with Gasteiger partial charge in [0.1, 0.15) is 5.75 Å². The molecule has 0 aliphatic rings. The fourth-order valence-corrected chi connectivity index (χ4v) is 1.12. The van der Waals surface area contributed by atoms with Crippen LogP contribution in [0, 0.1) is 0 Å². The van der Waals surface area contributed by atoms with Crippen LogP contribution in [0.2, 0.25) is 0 Å². The number of carbonyl (C=O) groups excluding carboxylic acids is 1. The molecular formula is C11H14O4. The van der Waals surface area contributed by atoms with Crippen LogP contribution in [0.4, 0.5) is 0 Å². The summed E-state index contributed by atoms with van der Waals surface area (Å²) in [6.07, 6.45) is 0.203. The summed E-state index contributed by atoms with van der Waals surface area (Å²) in [7, 11) is 0. The standard InChI is InChI=1S/C11H14O4/c1-3-10(13)15-11(2,14)8-4-6-9(12)7-5-8/h4-7,12,14H,3H2,1-2H3. The summed E-state index contributed by atoms with van der Waals surface area (Å²) in [6.45, 7) is 3.03. The number of phenols is 1. The Labute approximate surface area is 88.1 Å². The van der Waals surface area contributed by atoms with Crippen LogP contribution in [0.1, 0.15) is 25.8 Å². The van der Waals surface area contributed by atoms with E-state index >= 15 is 0 Å². The maximum absolute atomic E-state index is 11.0. The minimum absolute atomic E-state index is 0.0939. The highest BCUT2D eigenvalue weighted by molar-refractivity contribution is 5.69. The van der Waals surface area contributed by atoms with Crippen molar-refractivity contribution in [3.63, 3.8) is 0 Å². The molecule has 0 aromatic heterocycles. The summed E-state index contributed by atoms with van der Waals surface area (Å²) in [5.74, 6) is -2.04. The monoisotopic (exact) mass is 210 g/mol. The Morgan fingerprint density at radius 2 is 1.93 bits per heavy atom. The van der Waals surface area contributed by atoms with Crippen LogP contribution in [-0.2, 0) is 15.3 Å². The maximum atomic E-state index is 11.0.